The smallest absolute Gasteiger partial charge is 0.343 e. The average Bonchev–Trinajstić information content (AvgIpc) is 2.34. The Hall–Kier alpha value is -1.10. The molecule has 2 rings (SSSR count). The van der Waals surface area contributed by atoms with E-state index in [4.69, 9.17) is 4.74 Å². The van der Waals surface area contributed by atoms with Gasteiger partial charge >= 0.3 is 5.69 Å². The van der Waals surface area contributed by atoms with Gasteiger partial charge in [0.15, 0.2) is 5.82 Å². The first-order chi connectivity index (χ1) is 4.88. The third kappa shape index (κ3) is 0.672. The minimum absolute atomic E-state index is 0.140. The van der Waals surface area contributed by atoms with Crippen molar-refractivity contribution < 1.29 is 4.74 Å². The molecule has 1 aromatic rings. The maximum absolute atomic E-state index is 10.9. The summed E-state index contributed by atoms with van der Waals surface area (Å²) < 4.78 is 6.65. The van der Waals surface area contributed by atoms with Gasteiger partial charge in [0.25, 0.3) is 0 Å². The van der Waals surface area contributed by atoms with Crippen molar-refractivity contribution in [2.45, 2.75) is 13.2 Å². The van der Waals surface area contributed by atoms with E-state index in [0.717, 1.165) is 0 Å². The number of hydrogen-bond donors (Lipinski definition) is 1. The Morgan fingerprint density at radius 1 is 1.70 bits per heavy atom. The predicted molar refractivity (Wildman–Crippen MR) is 32.5 cm³/mol. The summed E-state index contributed by atoms with van der Waals surface area (Å²) in [5.74, 6) is 0.691. The highest BCUT2D eigenvalue weighted by Gasteiger charge is 2.11. The summed E-state index contributed by atoms with van der Waals surface area (Å²) in [6.07, 6.45) is 0. The van der Waals surface area contributed by atoms with Crippen molar-refractivity contribution in [3.05, 3.63) is 16.3 Å². The number of rotatable bonds is 0. The highest BCUT2D eigenvalue weighted by molar-refractivity contribution is 4.85. The van der Waals surface area contributed by atoms with Crippen LogP contribution >= 0.6 is 0 Å². The predicted octanol–water partition coefficient (Wildman–Crippen LogP) is -0.898. The fourth-order valence-corrected chi connectivity index (χ4v) is 1.01. The van der Waals surface area contributed by atoms with Crippen LogP contribution in [0.2, 0.25) is 0 Å². The van der Waals surface area contributed by atoms with Crippen LogP contribution in [0.15, 0.2) is 4.79 Å². The van der Waals surface area contributed by atoms with Crippen molar-refractivity contribution in [2.24, 2.45) is 0 Å². The SMILES string of the molecule is O=c1[nH]nc2n1CCOC2. The van der Waals surface area contributed by atoms with Gasteiger partial charge in [-0.05, 0) is 0 Å². The van der Waals surface area contributed by atoms with Crippen LogP contribution in [0.5, 0.6) is 0 Å². The highest BCUT2D eigenvalue weighted by Crippen LogP contribution is 1.99. The molecule has 0 amide bonds. The number of ether oxygens (including phenoxy) is 1. The van der Waals surface area contributed by atoms with Gasteiger partial charge in [0.1, 0.15) is 6.61 Å². The first-order valence-corrected chi connectivity index (χ1v) is 3.10. The zero-order valence-electron chi connectivity index (χ0n) is 5.33. The van der Waals surface area contributed by atoms with E-state index in [2.05, 4.69) is 10.2 Å². The van der Waals surface area contributed by atoms with E-state index in [0.29, 0.717) is 25.6 Å². The number of fused-ring (bicyclic) bond motifs is 1. The van der Waals surface area contributed by atoms with Crippen LogP contribution in [0, 0.1) is 0 Å². The molecule has 0 saturated heterocycles. The lowest BCUT2D eigenvalue weighted by molar-refractivity contribution is 0.0805. The molecule has 0 bridgehead atoms. The number of nitrogens with zero attached hydrogens (tertiary/aromatic N) is 2. The number of nitrogens with one attached hydrogen (secondary N) is 1. The minimum Gasteiger partial charge on any atom is -0.372 e. The summed E-state index contributed by atoms with van der Waals surface area (Å²) in [7, 11) is 0. The second-order valence-corrected chi connectivity index (χ2v) is 2.15. The topological polar surface area (TPSA) is 59.9 Å². The summed E-state index contributed by atoms with van der Waals surface area (Å²) in [6, 6.07) is 0. The molecule has 0 fully saturated rings. The number of aromatic amines is 1. The Kier molecular flexibility index (Phi) is 1.10. The maximum Gasteiger partial charge on any atom is 0.343 e. The molecule has 0 radical (unpaired) electrons. The molecule has 0 aliphatic carbocycles. The van der Waals surface area contributed by atoms with Gasteiger partial charge in [-0.3, -0.25) is 4.57 Å². The van der Waals surface area contributed by atoms with Crippen LogP contribution in [0.3, 0.4) is 0 Å². The van der Waals surface area contributed by atoms with Gasteiger partial charge in [-0.15, -0.1) is 0 Å². The molecule has 0 atom stereocenters. The lowest BCUT2D eigenvalue weighted by Gasteiger charge is -2.11. The van der Waals surface area contributed by atoms with Crippen molar-refractivity contribution in [3.63, 3.8) is 0 Å². The standard InChI is InChI=1S/C5H7N3O2/c9-5-7-6-4-3-10-2-1-8(4)5/h1-3H2,(H,7,9). The molecule has 0 aromatic carbocycles. The first kappa shape index (κ1) is 5.67. The van der Waals surface area contributed by atoms with Crippen LogP contribution in [-0.2, 0) is 17.9 Å². The molecule has 1 N–H and O–H groups in total. The fraction of sp³-hybridized carbons (Fsp3) is 0.600. The van der Waals surface area contributed by atoms with Crippen LogP contribution < -0.4 is 5.69 Å². The van der Waals surface area contributed by atoms with E-state index < -0.39 is 0 Å². The Labute approximate surface area is 56.6 Å². The average molecular weight is 141 g/mol. The summed E-state index contributed by atoms with van der Waals surface area (Å²) in [6.45, 7) is 1.66. The largest absolute Gasteiger partial charge is 0.372 e. The summed E-state index contributed by atoms with van der Waals surface area (Å²) in [5, 5.41) is 6.11. The Morgan fingerprint density at radius 2 is 2.60 bits per heavy atom. The number of H-pyrrole nitrogens is 1. The van der Waals surface area contributed by atoms with Crippen molar-refractivity contribution >= 4 is 0 Å². The molecule has 5 heteroatoms. The van der Waals surface area contributed by atoms with Crippen molar-refractivity contribution in [1.82, 2.24) is 14.8 Å². The van der Waals surface area contributed by atoms with Gasteiger partial charge in [-0.1, -0.05) is 0 Å². The third-order valence-electron chi connectivity index (χ3n) is 1.53. The normalized spacial score (nSPS) is 16.8. The number of aromatic nitrogens is 3. The van der Waals surface area contributed by atoms with E-state index in [-0.39, 0.29) is 5.69 Å². The van der Waals surface area contributed by atoms with Crippen LogP contribution in [0.25, 0.3) is 0 Å². The summed E-state index contributed by atoms with van der Waals surface area (Å²) in [5.41, 5.74) is -0.140. The summed E-state index contributed by atoms with van der Waals surface area (Å²) >= 11 is 0. The first-order valence-electron chi connectivity index (χ1n) is 3.10. The highest BCUT2D eigenvalue weighted by atomic mass is 16.5. The molecular weight excluding hydrogens is 134 g/mol. The second-order valence-electron chi connectivity index (χ2n) is 2.15. The van der Waals surface area contributed by atoms with Gasteiger partial charge in [-0.2, -0.15) is 5.10 Å². The van der Waals surface area contributed by atoms with E-state index >= 15 is 0 Å². The lowest BCUT2D eigenvalue weighted by Crippen LogP contribution is -2.25. The molecule has 10 heavy (non-hydrogen) atoms. The van der Waals surface area contributed by atoms with Crippen LogP contribution in [0.4, 0.5) is 0 Å². The lowest BCUT2D eigenvalue weighted by atomic mass is 10.5. The molecule has 54 valence electrons. The van der Waals surface area contributed by atoms with Gasteiger partial charge in [0, 0.05) is 0 Å². The Morgan fingerprint density at radius 3 is 3.40 bits per heavy atom. The Bertz CT molecular complexity index is 287. The fourth-order valence-electron chi connectivity index (χ4n) is 1.01. The molecule has 0 spiro atoms. The second kappa shape index (κ2) is 1.95. The molecular formula is C5H7N3O2. The van der Waals surface area contributed by atoms with E-state index in [9.17, 15) is 4.79 Å². The number of hydrogen-bond acceptors (Lipinski definition) is 3. The summed E-state index contributed by atoms with van der Waals surface area (Å²) in [4.78, 5) is 10.9. The van der Waals surface area contributed by atoms with Gasteiger partial charge < -0.3 is 4.74 Å². The van der Waals surface area contributed by atoms with Gasteiger partial charge in [-0.25, -0.2) is 9.89 Å². The molecule has 5 nitrogen and oxygen atoms in total. The van der Waals surface area contributed by atoms with Crippen LogP contribution in [0.1, 0.15) is 5.82 Å². The zero-order chi connectivity index (χ0) is 6.97. The van der Waals surface area contributed by atoms with E-state index in [1.807, 2.05) is 0 Å². The Balaban J connectivity index is 2.55. The molecule has 1 aromatic heterocycles. The molecule has 0 saturated carbocycles. The third-order valence-corrected chi connectivity index (χ3v) is 1.53. The monoisotopic (exact) mass is 141 g/mol. The van der Waals surface area contributed by atoms with Crippen molar-refractivity contribution in [3.8, 4) is 0 Å². The molecule has 0 unspecified atom stereocenters. The minimum atomic E-state index is -0.140. The zero-order valence-corrected chi connectivity index (χ0v) is 5.33. The molecule has 2 heterocycles. The maximum atomic E-state index is 10.9. The van der Waals surface area contributed by atoms with E-state index in [1.54, 1.807) is 4.57 Å². The van der Waals surface area contributed by atoms with Crippen molar-refractivity contribution in [1.29, 1.82) is 0 Å². The van der Waals surface area contributed by atoms with Crippen molar-refractivity contribution in [2.75, 3.05) is 6.61 Å². The van der Waals surface area contributed by atoms with E-state index in [1.165, 1.54) is 0 Å². The van der Waals surface area contributed by atoms with Crippen LogP contribution in [-0.4, -0.2) is 21.4 Å². The molecule has 1 aliphatic heterocycles. The van der Waals surface area contributed by atoms with Gasteiger partial charge in [0.05, 0.1) is 13.2 Å². The molecule has 1 aliphatic rings. The van der Waals surface area contributed by atoms with Gasteiger partial charge in [0.2, 0.25) is 0 Å². The quantitative estimate of drug-likeness (QED) is 0.509.